The number of nitrogens with zero attached hydrogens (tertiary/aromatic N) is 1. The van der Waals surface area contributed by atoms with E-state index in [4.69, 9.17) is 0 Å². The molecule has 0 aromatic carbocycles. The number of aliphatic hydroxyl groups is 1. The fourth-order valence-electron chi connectivity index (χ4n) is 1.28. The summed E-state index contributed by atoms with van der Waals surface area (Å²) in [6, 6.07) is 5.19. The van der Waals surface area contributed by atoms with Gasteiger partial charge in [-0.1, -0.05) is 6.07 Å². The van der Waals surface area contributed by atoms with Crippen LogP contribution in [0.1, 0.15) is 25.6 Å². The number of ether oxygens (including phenoxy) is 1. The first kappa shape index (κ1) is 11.7. The van der Waals surface area contributed by atoms with E-state index in [1.807, 2.05) is 0 Å². The van der Waals surface area contributed by atoms with Gasteiger partial charge < -0.3 is 9.84 Å². The van der Waals surface area contributed by atoms with Gasteiger partial charge in [-0.2, -0.15) is 0 Å². The second-order valence-corrected chi connectivity index (χ2v) is 3.87. The first-order chi connectivity index (χ1) is 7.00. The molecule has 0 spiro atoms. The van der Waals surface area contributed by atoms with E-state index in [2.05, 4.69) is 9.72 Å². The molecular formula is C11H15NO3. The van der Waals surface area contributed by atoms with Crippen LogP contribution in [0.5, 0.6) is 0 Å². The smallest absolute Gasteiger partial charge is 0.314 e. The van der Waals surface area contributed by atoms with Gasteiger partial charge in [-0.25, -0.2) is 0 Å². The van der Waals surface area contributed by atoms with Crippen molar-refractivity contribution in [3.8, 4) is 0 Å². The summed E-state index contributed by atoms with van der Waals surface area (Å²) >= 11 is 0. The Kier molecular flexibility index (Phi) is 3.42. The zero-order valence-corrected chi connectivity index (χ0v) is 9.10. The van der Waals surface area contributed by atoms with Crippen molar-refractivity contribution in [2.75, 3.05) is 7.11 Å². The predicted molar refractivity (Wildman–Crippen MR) is 55.0 cm³/mol. The fourth-order valence-corrected chi connectivity index (χ4v) is 1.28. The number of rotatable bonds is 3. The second kappa shape index (κ2) is 4.40. The van der Waals surface area contributed by atoms with E-state index in [1.54, 1.807) is 38.2 Å². The van der Waals surface area contributed by atoms with Gasteiger partial charge in [0.1, 0.15) is 6.10 Å². The summed E-state index contributed by atoms with van der Waals surface area (Å²) in [6.07, 6.45) is 0.609. The van der Waals surface area contributed by atoms with Crippen LogP contribution < -0.4 is 0 Å². The number of esters is 1. The van der Waals surface area contributed by atoms with E-state index in [0.29, 0.717) is 5.69 Å². The van der Waals surface area contributed by atoms with Gasteiger partial charge in [-0.05, 0) is 26.0 Å². The van der Waals surface area contributed by atoms with E-state index in [0.717, 1.165) is 0 Å². The van der Waals surface area contributed by atoms with Crippen LogP contribution in [0, 0.1) is 5.41 Å². The van der Waals surface area contributed by atoms with Crippen LogP contribution in [0.2, 0.25) is 0 Å². The predicted octanol–water partition coefficient (Wildman–Crippen LogP) is 1.31. The van der Waals surface area contributed by atoms with Crippen molar-refractivity contribution < 1.29 is 14.6 Å². The Bertz CT molecular complexity index is 335. The van der Waals surface area contributed by atoms with Crippen molar-refractivity contribution in [3.05, 3.63) is 30.1 Å². The standard InChI is InChI=1S/C11H15NO3/c1-11(2,10(14)15-3)9(13)8-6-4-5-7-12-8/h4-7,9,13H,1-3H3. The van der Waals surface area contributed by atoms with Crippen LogP contribution in [0.4, 0.5) is 0 Å². The first-order valence-corrected chi connectivity index (χ1v) is 4.67. The van der Waals surface area contributed by atoms with Crippen LogP contribution >= 0.6 is 0 Å². The third-order valence-corrected chi connectivity index (χ3v) is 2.36. The van der Waals surface area contributed by atoms with Gasteiger partial charge in [-0.15, -0.1) is 0 Å². The van der Waals surface area contributed by atoms with Gasteiger partial charge in [-0.3, -0.25) is 9.78 Å². The molecule has 0 saturated heterocycles. The van der Waals surface area contributed by atoms with E-state index < -0.39 is 17.5 Å². The molecule has 0 aliphatic carbocycles. The molecule has 0 bridgehead atoms. The summed E-state index contributed by atoms with van der Waals surface area (Å²) in [6.45, 7) is 3.25. The van der Waals surface area contributed by atoms with Gasteiger partial charge in [0.2, 0.25) is 0 Å². The minimum atomic E-state index is -0.997. The average Bonchev–Trinajstić information content (AvgIpc) is 2.28. The molecule has 0 aliphatic heterocycles. The molecule has 0 saturated carbocycles. The number of carbonyl (C=O) groups is 1. The lowest BCUT2D eigenvalue weighted by atomic mass is 9.84. The van der Waals surface area contributed by atoms with Crippen LogP contribution in [0.25, 0.3) is 0 Å². The highest BCUT2D eigenvalue weighted by Gasteiger charge is 2.38. The molecular weight excluding hydrogens is 194 g/mol. The molecule has 4 heteroatoms. The minimum Gasteiger partial charge on any atom is -0.469 e. The quantitative estimate of drug-likeness (QED) is 0.762. The lowest BCUT2D eigenvalue weighted by molar-refractivity contribution is -0.157. The van der Waals surface area contributed by atoms with Gasteiger partial charge >= 0.3 is 5.97 Å². The molecule has 1 aromatic heterocycles. The number of pyridine rings is 1. The van der Waals surface area contributed by atoms with Crippen molar-refractivity contribution in [2.24, 2.45) is 5.41 Å². The van der Waals surface area contributed by atoms with Crippen LogP contribution in [0.3, 0.4) is 0 Å². The maximum Gasteiger partial charge on any atom is 0.314 e. The van der Waals surface area contributed by atoms with E-state index >= 15 is 0 Å². The Morgan fingerprint density at radius 2 is 2.20 bits per heavy atom. The van der Waals surface area contributed by atoms with Gasteiger partial charge in [0.05, 0.1) is 18.2 Å². The Morgan fingerprint density at radius 3 is 2.67 bits per heavy atom. The minimum absolute atomic E-state index is 0.458. The lowest BCUT2D eigenvalue weighted by Crippen LogP contribution is -2.33. The highest BCUT2D eigenvalue weighted by molar-refractivity contribution is 5.76. The van der Waals surface area contributed by atoms with Crippen LogP contribution in [-0.2, 0) is 9.53 Å². The summed E-state index contributed by atoms with van der Waals surface area (Å²) in [5, 5.41) is 9.99. The average molecular weight is 209 g/mol. The zero-order chi connectivity index (χ0) is 11.5. The summed E-state index contributed by atoms with van der Waals surface area (Å²) in [5.74, 6) is -0.458. The number of methoxy groups -OCH3 is 1. The molecule has 1 unspecified atom stereocenters. The summed E-state index contributed by atoms with van der Waals surface area (Å²) in [7, 11) is 1.30. The van der Waals surface area contributed by atoms with Crippen molar-refractivity contribution in [1.82, 2.24) is 4.98 Å². The van der Waals surface area contributed by atoms with Gasteiger partial charge in [0, 0.05) is 6.20 Å². The Hall–Kier alpha value is -1.42. The summed E-state index contributed by atoms with van der Waals surface area (Å²) in [5.41, 5.74) is -0.531. The van der Waals surface area contributed by atoms with Crippen molar-refractivity contribution in [1.29, 1.82) is 0 Å². The summed E-state index contributed by atoms with van der Waals surface area (Å²) < 4.78 is 4.63. The molecule has 1 N–H and O–H groups in total. The van der Waals surface area contributed by atoms with E-state index in [1.165, 1.54) is 7.11 Å². The highest BCUT2D eigenvalue weighted by Crippen LogP contribution is 2.33. The van der Waals surface area contributed by atoms with Crippen molar-refractivity contribution in [2.45, 2.75) is 20.0 Å². The Balaban J connectivity index is 2.94. The SMILES string of the molecule is COC(=O)C(C)(C)C(O)c1ccccn1. The molecule has 82 valence electrons. The van der Waals surface area contributed by atoms with Crippen LogP contribution in [-0.4, -0.2) is 23.2 Å². The largest absolute Gasteiger partial charge is 0.469 e. The second-order valence-electron chi connectivity index (χ2n) is 3.87. The number of aliphatic hydroxyl groups excluding tert-OH is 1. The molecule has 0 fully saturated rings. The van der Waals surface area contributed by atoms with Gasteiger partial charge in [0.25, 0.3) is 0 Å². The van der Waals surface area contributed by atoms with E-state index in [-0.39, 0.29) is 0 Å². The molecule has 15 heavy (non-hydrogen) atoms. The molecule has 4 nitrogen and oxygen atoms in total. The first-order valence-electron chi connectivity index (χ1n) is 4.67. The molecule has 1 aromatic rings. The van der Waals surface area contributed by atoms with Crippen molar-refractivity contribution >= 4 is 5.97 Å². The number of aromatic nitrogens is 1. The van der Waals surface area contributed by atoms with Gasteiger partial charge in [0.15, 0.2) is 0 Å². The monoisotopic (exact) mass is 209 g/mol. The maximum atomic E-state index is 11.4. The molecule has 0 aliphatic rings. The molecule has 1 rings (SSSR count). The molecule has 0 amide bonds. The topological polar surface area (TPSA) is 59.4 Å². The molecule has 1 atom stereocenters. The van der Waals surface area contributed by atoms with E-state index in [9.17, 15) is 9.90 Å². The van der Waals surface area contributed by atoms with Crippen molar-refractivity contribution in [3.63, 3.8) is 0 Å². The number of hydrogen-bond donors (Lipinski definition) is 1. The molecule has 1 heterocycles. The fraction of sp³-hybridized carbons (Fsp3) is 0.455. The Morgan fingerprint density at radius 1 is 1.53 bits per heavy atom. The summed E-state index contributed by atoms with van der Waals surface area (Å²) in [4.78, 5) is 15.4. The molecule has 0 radical (unpaired) electrons. The normalized spacial score (nSPS) is 13.3. The maximum absolute atomic E-state index is 11.4. The third kappa shape index (κ3) is 2.33. The Labute approximate surface area is 88.9 Å². The highest BCUT2D eigenvalue weighted by atomic mass is 16.5. The lowest BCUT2D eigenvalue weighted by Gasteiger charge is -2.26. The number of carbonyl (C=O) groups excluding carboxylic acids is 1. The zero-order valence-electron chi connectivity index (χ0n) is 9.10. The number of hydrogen-bond acceptors (Lipinski definition) is 4. The van der Waals surface area contributed by atoms with Crippen LogP contribution in [0.15, 0.2) is 24.4 Å². The third-order valence-electron chi connectivity index (χ3n) is 2.36.